The van der Waals surface area contributed by atoms with Crippen molar-refractivity contribution in [1.82, 2.24) is 10.3 Å². The molecular weight excluding hydrogens is 228 g/mol. The maximum Gasteiger partial charge on any atom is 0.269 e. The highest BCUT2D eigenvalue weighted by atomic mass is 16.1. The number of carbonyl (C=O) groups is 1. The second-order valence-corrected chi connectivity index (χ2v) is 4.74. The van der Waals surface area contributed by atoms with Crippen LogP contribution in [0.25, 0.3) is 0 Å². The maximum absolute atomic E-state index is 11.6. The SMILES string of the molecule is CNC(=O)c1cc(N2CCC(C)C2CN)ccn1. The predicted octanol–water partition coefficient (Wildman–Crippen LogP) is 0.615. The molecule has 1 saturated heterocycles. The van der Waals surface area contributed by atoms with E-state index < -0.39 is 0 Å². The molecule has 0 saturated carbocycles. The number of hydrogen-bond acceptors (Lipinski definition) is 4. The van der Waals surface area contributed by atoms with Crippen LogP contribution < -0.4 is 16.0 Å². The zero-order valence-electron chi connectivity index (χ0n) is 10.9. The van der Waals surface area contributed by atoms with Gasteiger partial charge in [-0.2, -0.15) is 0 Å². The summed E-state index contributed by atoms with van der Waals surface area (Å²) in [6, 6.07) is 4.12. The first-order chi connectivity index (χ1) is 8.67. The minimum absolute atomic E-state index is 0.159. The maximum atomic E-state index is 11.6. The average molecular weight is 248 g/mol. The largest absolute Gasteiger partial charge is 0.367 e. The molecule has 0 bridgehead atoms. The third-order valence-electron chi connectivity index (χ3n) is 3.66. The van der Waals surface area contributed by atoms with Crippen molar-refractivity contribution in [3.63, 3.8) is 0 Å². The molecule has 1 amide bonds. The molecule has 1 aliphatic rings. The van der Waals surface area contributed by atoms with Crippen molar-refractivity contribution >= 4 is 11.6 Å². The van der Waals surface area contributed by atoms with Crippen molar-refractivity contribution in [2.75, 3.05) is 25.0 Å². The van der Waals surface area contributed by atoms with E-state index in [1.165, 1.54) is 0 Å². The summed E-state index contributed by atoms with van der Waals surface area (Å²) in [6.07, 6.45) is 2.82. The fourth-order valence-electron chi connectivity index (χ4n) is 2.54. The molecule has 0 aromatic carbocycles. The topological polar surface area (TPSA) is 71.2 Å². The van der Waals surface area contributed by atoms with Crippen molar-refractivity contribution in [3.8, 4) is 0 Å². The first-order valence-electron chi connectivity index (χ1n) is 6.32. The summed E-state index contributed by atoms with van der Waals surface area (Å²) in [5, 5.41) is 2.59. The van der Waals surface area contributed by atoms with Crippen LogP contribution in [0.2, 0.25) is 0 Å². The molecule has 2 unspecified atom stereocenters. The van der Waals surface area contributed by atoms with Crippen LogP contribution in [0.15, 0.2) is 18.3 Å². The van der Waals surface area contributed by atoms with Crippen LogP contribution in [0.4, 0.5) is 5.69 Å². The lowest BCUT2D eigenvalue weighted by molar-refractivity contribution is 0.0958. The Labute approximate surface area is 107 Å². The summed E-state index contributed by atoms with van der Waals surface area (Å²) >= 11 is 0. The number of pyridine rings is 1. The van der Waals surface area contributed by atoms with Crippen molar-refractivity contribution in [1.29, 1.82) is 0 Å². The molecule has 2 heterocycles. The zero-order valence-corrected chi connectivity index (χ0v) is 10.9. The Kier molecular flexibility index (Phi) is 3.81. The number of nitrogens with two attached hydrogens (primary N) is 1. The van der Waals surface area contributed by atoms with Gasteiger partial charge in [0.15, 0.2) is 0 Å². The van der Waals surface area contributed by atoms with E-state index in [9.17, 15) is 4.79 Å². The summed E-state index contributed by atoms with van der Waals surface area (Å²) < 4.78 is 0. The number of nitrogens with zero attached hydrogens (tertiary/aromatic N) is 2. The molecular formula is C13H20N4O. The predicted molar refractivity (Wildman–Crippen MR) is 71.6 cm³/mol. The van der Waals surface area contributed by atoms with Crippen LogP contribution in [0.1, 0.15) is 23.8 Å². The Morgan fingerprint density at radius 1 is 1.67 bits per heavy atom. The number of amides is 1. The van der Waals surface area contributed by atoms with Gasteiger partial charge in [-0.05, 0) is 24.5 Å². The van der Waals surface area contributed by atoms with Gasteiger partial charge in [0.1, 0.15) is 5.69 Å². The van der Waals surface area contributed by atoms with E-state index in [-0.39, 0.29) is 5.91 Å². The third-order valence-corrected chi connectivity index (χ3v) is 3.66. The zero-order chi connectivity index (χ0) is 13.1. The van der Waals surface area contributed by atoms with Gasteiger partial charge in [-0.3, -0.25) is 9.78 Å². The molecule has 1 fully saturated rings. The second-order valence-electron chi connectivity index (χ2n) is 4.74. The molecule has 98 valence electrons. The van der Waals surface area contributed by atoms with E-state index in [4.69, 9.17) is 5.73 Å². The Morgan fingerprint density at radius 3 is 3.11 bits per heavy atom. The minimum Gasteiger partial charge on any atom is -0.367 e. The van der Waals surface area contributed by atoms with Crippen molar-refractivity contribution < 1.29 is 4.79 Å². The average Bonchev–Trinajstić information content (AvgIpc) is 2.79. The summed E-state index contributed by atoms with van der Waals surface area (Å²) in [5.41, 5.74) is 7.32. The first-order valence-corrected chi connectivity index (χ1v) is 6.32. The highest BCUT2D eigenvalue weighted by molar-refractivity contribution is 5.92. The van der Waals surface area contributed by atoms with Crippen molar-refractivity contribution in [3.05, 3.63) is 24.0 Å². The number of nitrogens with one attached hydrogen (secondary N) is 1. The number of anilines is 1. The van der Waals surface area contributed by atoms with E-state index in [1.54, 1.807) is 13.2 Å². The standard InChI is InChI=1S/C13H20N4O/c1-9-4-6-17(12(9)8-14)10-3-5-16-11(7-10)13(18)15-2/h3,5,7,9,12H,4,6,8,14H2,1-2H3,(H,15,18). The van der Waals surface area contributed by atoms with Gasteiger partial charge in [-0.1, -0.05) is 6.92 Å². The smallest absolute Gasteiger partial charge is 0.269 e. The van der Waals surface area contributed by atoms with Gasteiger partial charge in [-0.15, -0.1) is 0 Å². The van der Waals surface area contributed by atoms with Crippen LogP contribution in [-0.2, 0) is 0 Å². The fraction of sp³-hybridized carbons (Fsp3) is 0.538. The molecule has 18 heavy (non-hydrogen) atoms. The van der Waals surface area contributed by atoms with Crippen LogP contribution in [-0.4, -0.2) is 37.1 Å². The highest BCUT2D eigenvalue weighted by Crippen LogP contribution is 2.29. The molecule has 5 heteroatoms. The Morgan fingerprint density at radius 2 is 2.44 bits per heavy atom. The number of hydrogen-bond donors (Lipinski definition) is 2. The van der Waals surface area contributed by atoms with Gasteiger partial charge in [0.05, 0.1) is 0 Å². The molecule has 2 rings (SSSR count). The van der Waals surface area contributed by atoms with Crippen molar-refractivity contribution in [2.24, 2.45) is 11.7 Å². The van der Waals surface area contributed by atoms with Crippen molar-refractivity contribution in [2.45, 2.75) is 19.4 Å². The third kappa shape index (κ3) is 2.31. The minimum atomic E-state index is -0.159. The van der Waals surface area contributed by atoms with Crippen LogP contribution in [0.5, 0.6) is 0 Å². The van der Waals surface area contributed by atoms with E-state index >= 15 is 0 Å². The molecule has 0 spiro atoms. The highest BCUT2D eigenvalue weighted by Gasteiger charge is 2.30. The number of carbonyl (C=O) groups excluding carboxylic acids is 1. The lowest BCUT2D eigenvalue weighted by Crippen LogP contribution is -2.38. The quantitative estimate of drug-likeness (QED) is 0.822. The fourth-order valence-corrected chi connectivity index (χ4v) is 2.54. The number of aromatic nitrogens is 1. The summed E-state index contributed by atoms with van der Waals surface area (Å²) in [4.78, 5) is 17.9. The lowest BCUT2D eigenvalue weighted by Gasteiger charge is -2.27. The first kappa shape index (κ1) is 12.8. The summed E-state index contributed by atoms with van der Waals surface area (Å²) in [6.45, 7) is 3.84. The van der Waals surface area contributed by atoms with Gasteiger partial charge < -0.3 is 16.0 Å². The van der Waals surface area contributed by atoms with Gasteiger partial charge in [0.2, 0.25) is 0 Å². The lowest BCUT2D eigenvalue weighted by atomic mass is 10.0. The van der Waals surface area contributed by atoms with Gasteiger partial charge >= 0.3 is 0 Å². The Hall–Kier alpha value is -1.62. The Balaban J connectivity index is 2.26. The molecule has 1 aliphatic heterocycles. The van der Waals surface area contributed by atoms with Gasteiger partial charge in [-0.25, -0.2) is 0 Å². The normalized spacial score (nSPS) is 23.2. The second kappa shape index (κ2) is 5.35. The van der Waals surface area contributed by atoms with Crippen LogP contribution in [0.3, 0.4) is 0 Å². The molecule has 1 aromatic heterocycles. The molecule has 0 aliphatic carbocycles. The van der Waals surface area contributed by atoms with E-state index in [2.05, 4.69) is 22.1 Å². The van der Waals surface area contributed by atoms with Crippen LogP contribution in [0, 0.1) is 5.92 Å². The summed E-state index contributed by atoms with van der Waals surface area (Å²) in [5.74, 6) is 0.431. The van der Waals surface area contributed by atoms with Gasteiger partial charge in [0.25, 0.3) is 5.91 Å². The van der Waals surface area contributed by atoms with Crippen LogP contribution >= 0.6 is 0 Å². The van der Waals surface area contributed by atoms with Gasteiger partial charge in [0, 0.05) is 38.1 Å². The molecule has 2 atom stereocenters. The monoisotopic (exact) mass is 248 g/mol. The molecule has 0 radical (unpaired) electrons. The number of rotatable bonds is 3. The molecule has 1 aromatic rings. The van der Waals surface area contributed by atoms with E-state index in [0.29, 0.717) is 24.2 Å². The van der Waals surface area contributed by atoms with E-state index in [0.717, 1.165) is 18.7 Å². The Bertz CT molecular complexity index is 435. The molecule has 3 N–H and O–H groups in total. The van der Waals surface area contributed by atoms with E-state index in [1.807, 2.05) is 12.1 Å². The molecule has 5 nitrogen and oxygen atoms in total. The summed E-state index contributed by atoms with van der Waals surface area (Å²) in [7, 11) is 1.61.